The number of anilines is 3. The first-order valence-electron chi connectivity index (χ1n) is 9.27. The number of aryl methyl sites for hydroxylation is 2. The van der Waals surface area contributed by atoms with E-state index in [1.807, 2.05) is 61.5 Å². The SMILES string of the molecule is Cc1ccc(Nc2ccc(NCCNC(=O)CCc3ccccc3)nn2)nc1. The van der Waals surface area contributed by atoms with Gasteiger partial charge < -0.3 is 16.0 Å². The number of carbonyl (C=O) groups excluding carboxylic acids is 1. The highest BCUT2D eigenvalue weighted by atomic mass is 16.1. The molecular formula is C21H24N6O. The molecule has 3 aromatic rings. The van der Waals surface area contributed by atoms with Crippen LogP contribution in [0.4, 0.5) is 17.5 Å². The number of carbonyl (C=O) groups is 1. The molecule has 0 aliphatic rings. The third kappa shape index (κ3) is 6.35. The third-order valence-corrected chi connectivity index (χ3v) is 4.07. The largest absolute Gasteiger partial charge is 0.367 e. The molecule has 2 heterocycles. The van der Waals surface area contributed by atoms with E-state index >= 15 is 0 Å². The lowest BCUT2D eigenvalue weighted by atomic mass is 10.1. The molecule has 0 radical (unpaired) electrons. The Hall–Kier alpha value is -3.48. The summed E-state index contributed by atoms with van der Waals surface area (Å²) in [7, 11) is 0. The first-order valence-corrected chi connectivity index (χ1v) is 9.27. The van der Waals surface area contributed by atoms with Crippen molar-refractivity contribution in [3.05, 3.63) is 71.9 Å². The first kappa shape index (κ1) is 19.3. The second-order valence-corrected chi connectivity index (χ2v) is 6.41. The fourth-order valence-corrected chi connectivity index (χ4v) is 2.55. The Labute approximate surface area is 164 Å². The fraction of sp³-hybridized carbons (Fsp3) is 0.238. The molecule has 3 rings (SSSR count). The third-order valence-electron chi connectivity index (χ3n) is 4.07. The second-order valence-electron chi connectivity index (χ2n) is 6.41. The number of amides is 1. The van der Waals surface area contributed by atoms with Crippen molar-refractivity contribution >= 4 is 23.4 Å². The highest BCUT2D eigenvalue weighted by molar-refractivity contribution is 5.76. The van der Waals surface area contributed by atoms with Gasteiger partial charge in [-0.05, 0) is 42.7 Å². The van der Waals surface area contributed by atoms with Gasteiger partial charge in [0.25, 0.3) is 0 Å². The molecule has 0 unspecified atom stereocenters. The molecule has 0 aliphatic carbocycles. The average molecular weight is 376 g/mol. The van der Waals surface area contributed by atoms with Crippen molar-refractivity contribution in [1.29, 1.82) is 0 Å². The Morgan fingerprint density at radius 3 is 2.36 bits per heavy atom. The first-order chi connectivity index (χ1) is 13.7. The Morgan fingerprint density at radius 2 is 1.64 bits per heavy atom. The van der Waals surface area contributed by atoms with Gasteiger partial charge in [-0.15, -0.1) is 10.2 Å². The highest BCUT2D eigenvalue weighted by Crippen LogP contribution is 2.12. The molecule has 0 atom stereocenters. The van der Waals surface area contributed by atoms with Crippen molar-refractivity contribution in [3.8, 4) is 0 Å². The van der Waals surface area contributed by atoms with Crippen LogP contribution in [-0.4, -0.2) is 34.2 Å². The van der Waals surface area contributed by atoms with Gasteiger partial charge in [-0.3, -0.25) is 4.79 Å². The smallest absolute Gasteiger partial charge is 0.220 e. The minimum atomic E-state index is 0.0434. The Balaban J connectivity index is 1.34. The summed E-state index contributed by atoms with van der Waals surface area (Å²) in [5.41, 5.74) is 2.27. The van der Waals surface area contributed by atoms with E-state index in [2.05, 4.69) is 31.1 Å². The van der Waals surface area contributed by atoms with Crippen molar-refractivity contribution in [1.82, 2.24) is 20.5 Å². The van der Waals surface area contributed by atoms with E-state index in [-0.39, 0.29) is 5.91 Å². The minimum Gasteiger partial charge on any atom is -0.367 e. The number of rotatable bonds is 9. The Bertz CT molecular complexity index is 866. The maximum absolute atomic E-state index is 11.9. The predicted octanol–water partition coefficient (Wildman–Crippen LogP) is 3.08. The predicted molar refractivity (Wildman–Crippen MR) is 111 cm³/mol. The number of pyridine rings is 1. The van der Waals surface area contributed by atoms with Crippen LogP contribution < -0.4 is 16.0 Å². The van der Waals surface area contributed by atoms with Crippen molar-refractivity contribution in [3.63, 3.8) is 0 Å². The standard InChI is InChI=1S/C21H24N6O/c1-16-7-9-18(24-15-16)25-20-11-10-19(26-27-20)22-13-14-23-21(28)12-8-17-5-3-2-4-6-17/h2-7,9-11,15H,8,12-14H2,1H3,(H,22,26)(H,23,28)(H,24,25,27). The maximum Gasteiger partial charge on any atom is 0.220 e. The van der Waals surface area contributed by atoms with Crippen LogP contribution in [0, 0.1) is 6.92 Å². The molecule has 0 aliphatic heterocycles. The van der Waals surface area contributed by atoms with Gasteiger partial charge in [0.15, 0.2) is 5.82 Å². The maximum atomic E-state index is 11.9. The topological polar surface area (TPSA) is 91.8 Å². The lowest BCUT2D eigenvalue weighted by Crippen LogP contribution is -2.29. The zero-order chi connectivity index (χ0) is 19.6. The molecule has 0 saturated heterocycles. The van der Waals surface area contributed by atoms with E-state index < -0.39 is 0 Å². The van der Waals surface area contributed by atoms with Crippen molar-refractivity contribution in [2.24, 2.45) is 0 Å². The quantitative estimate of drug-likeness (QED) is 0.497. The zero-order valence-corrected chi connectivity index (χ0v) is 15.9. The summed E-state index contributed by atoms with van der Waals surface area (Å²) in [6.07, 6.45) is 3.02. The van der Waals surface area contributed by atoms with Gasteiger partial charge in [0.2, 0.25) is 5.91 Å². The summed E-state index contributed by atoms with van der Waals surface area (Å²) in [5, 5.41) is 17.4. The molecule has 3 N–H and O–H groups in total. The van der Waals surface area contributed by atoms with Gasteiger partial charge in [0.05, 0.1) is 0 Å². The molecule has 0 fully saturated rings. The summed E-state index contributed by atoms with van der Waals surface area (Å²) < 4.78 is 0. The molecule has 0 spiro atoms. The lowest BCUT2D eigenvalue weighted by Gasteiger charge is -2.08. The molecule has 144 valence electrons. The van der Waals surface area contributed by atoms with E-state index in [9.17, 15) is 4.79 Å². The average Bonchev–Trinajstić information content (AvgIpc) is 2.73. The molecule has 2 aromatic heterocycles. The fourth-order valence-electron chi connectivity index (χ4n) is 2.55. The second kappa shape index (κ2) is 10.0. The zero-order valence-electron chi connectivity index (χ0n) is 15.9. The summed E-state index contributed by atoms with van der Waals surface area (Å²) in [6.45, 7) is 3.10. The summed E-state index contributed by atoms with van der Waals surface area (Å²) >= 11 is 0. The minimum absolute atomic E-state index is 0.0434. The van der Waals surface area contributed by atoms with Crippen LogP contribution in [0.3, 0.4) is 0 Å². The molecule has 28 heavy (non-hydrogen) atoms. The van der Waals surface area contributed by atoms with E-state index in [0.29, 0.717) is 31.1 Å². The summed E-state index contributed by atoms with van der Waals surface area (Å²) in [4.78, 5) is 16.2. The van der Waals surface area contributed by atoms with Crippen molar-refractivity contribution in [2.45, 2.75) is 19.8 Å². The van der Waals surface area contributed by atoms with Crippen molar-refractivity contribution < 1.29 is 4.79 Å². The van der Waals surface area contributed by atoms with Gasteiger partial charge >= 0.3 is 0 Å². The molecular weight excluding hydrogens is 352 g/mol. The normalized spacial score (nSPS) is 10.3. The Kier molecular flexibility index (Phi) is 6.89. The number of nitrogens with one attached hydrogen (secondary N) is 3. The number of benzene rings is 1. The number of aromatic nitrogens is 3. The van der Waals surface area contributed by atoms with Crippen LogP contribution in [0.1, 0.15) is 17.5 Å². The lowest BCUT2D eigenvalue weighted by molar-refractivity contribution is -0.120. The summed E-state index contributed by atoms with van der Waals surface area (Å²) in [6, 6.07) is 17.5. The molecule has 1 amide bonds. The van der Waals surface area contributed by atoms with Gasteiger partial charge in [-0.1, -0.05) is 36.4 Å². The van der Waals surface area contributed by atoms with Crippen LogP contribution in [0.15, 0.2) is 60.8 Å². The van der Waals surface area contributed by atoms with Gasteiger partial charge in [0, 0.05) is 25.7 Å². The highest BCUT2D eigenvalue weighted by Gasteiger charge is 2.02. The van der Waals surface area contributed by atoms with Crippen LogP contribution in [0.2, 0.25) is 0 Å². The molecule has 7 nitrogen and oxygen atoms in total. The summed E-state index contributed by atoms with van der Waals surface area (Å²) in [5.74, 6) is 2.04. The van der Waals surface area contributed by atoms with E-state index in [0.717, 1.165) is 17.8 Å². The number of nitrogens with zero attached hydrogens (tertiary/aromatic N) is 3. The van der Waals surface area contributed by atoms with E-state index in [4.69, 9.17) is 0 Å². The molecule has 0 bridgehead atoms. The number of hydrogen-bond donors (Lipinski definition) is 3. The molecule has 1 aromatic carbocycles. The van der Waals surface area contributed by atoms with Crippen LogP contribution >= 0.6 is 0 Å². The van der Waals surface area contributed by atoms with Crippen LogP contribution in [-0.2, 0) is 11.2 Å². The van der Waals surface area contributed by atoms with Gasteiger partial charge in [-0.25, -0.2) is 4.98 Å². The van der Waals surface area contributed by atoms with Gasteiger partial charge in [-0.2, -0.15) is 0 Å². The number of hydrogen-bond acceptors (Lipinski definition) is 6. The van der Waals surface area contributed by atoms with Crippen LogP contribution in [0.25, 0.3) is 0 Å². The molecule has 0 saturated carbocycles. The Morgan fingerprint density at radius 1 is 0.893 bits per heavy atom. The molecule has 7 heteroatoms. The van der Waals surface area contributed by atoms with Crippen LogP contribution in [0.5, 0.6) is 0 Å². The van der Waals surface area contributed by atoms with E-state index in [1.165, 1.54) is 5.56 Å². The van der Waals surface area contributed by atoms with Gasteiger partial charge in [0.1, 0.15) is 11.6 Å². The monoisotopic (exact) mass is 376 g/mol. The van der Waals surface area contributed by atoms with Crippen molar-refractivity contribution in [2.75, 3.05) is 23.7 Å². The van der Waals surface area contributed by atoms with E-state index in [1.54, 1.807) is 6.20 Å².